The summed E-state index contributed by atoms with van der Waals surface area (Å²) < 4.78 is 58.4. The SMILES string of the molecule is CC(N)=NCC[C@@H]1CCC[C@@H](c2ccc(-n3cc4cc(-c5cc(CCCC(N)C6CC6)cc(C(F)(F)F)c5)[nH]c4nc3=O)cc2F)N1. The smallest absolute Gasteiger partial charge is 0.388 e. The minimum Gasteiger partial charge on any atom is -0.388 e. The Balaban J connectivity index is 1.23. The monoisotopic (exact) mass is 651 g/mol. The summed E-state index contributed by atoms with van der Waals surface area (Å²) in [6.45, 7) is 2.36. The molecule has 0 amide bonds. The van der Waals surface area contributed by atoms with E-state index in [1.54, 1.807) is 31.2 Å². The number of fused-ring (bicyclic) bond motifs is 1. The average molecular weight is 652 g/mol. The highest BCUT2D eigenvalue weighted by Gasteiger charge is 2.32. The van der Waals surface area contributed by atoms with Gasteiger partial charge in [0, 0.05) is 47.5 Å². The van der Waals surface area contributed by atoms with Crippen LogP contribution in [0.5, 0.6) is 0 Å². The van der Waals surface area contributed by atoms with E-state index in [1.165, 1.54) is 22.9 Å². The third-order valence-corrected chi connectivity index (χ3v) is 9.33. The number of amidine groups is 1. The summed E-state index contributed by atoms with van der Waals surface area (Å²) in [5, 5.41) is 4.03. The Hall–Kier alpha value is -4.03. The first-order valence-corrected chi connectivity index (χ1v) is 16.4. The Labute approximate surface area is 270 Å². The summed E-state index contributed by atoms with van der Waals surface area (Å²) in [7, 11) is 0. The number of H-pyrrole nitrogens is 1. The third-order valence-electron chi connectivity index (χ3n) is 9.33. The van der Waals surface area contributed by atoms with Gasteiger partial charge in [-0.1, -0.05) is 12.5 Å². The molecule has 2 fully saturated rings. The van der Waals surface area contributed by atoms with E-state index in [-0.39, 0.29) is 23.8 Å². The van der Waals surface area contributed by atoms with Crippen LogP contribution in [0.2, 0.25) is 0 Å². The number of halogens is 4. The van der Waals surface area contributed by atoms with Gasteiger partial charge in [-0.05, 0) is 112 Å². The Morgan fingerprint density at radius 1 is 1.13 bits per heavy atom. The highest BCUT2D eigenvalue weighted by molar-refractivity contribution is 5.83. The molecule has 3 atom stereocenters. The predicted octanol–water partition coefficient (Wildman–Crippen LogP) is 6.55. The molecule has 8 nitrogen and oxygen atoms in total. The van der Waals surface area contributed by atoms with E-state index in [2.05, 4.69) is 20.3 Å². The van der Waals surface area contributed by atoms with Gasteiger partial charge in [-0.2, -0.15) is 18.2 Å². The molecular weight excluding hydrogens is 610 g/mol. The zero-order chi connectivity index (χ0) is 33.3. The molecule has 1 aliphatic carbocycles. The second-order valence-electron chi connectivity index (χ2n) is 13.1. The van der Waals surface area contributed by atoms with Crippen molar-refractivity contribution in [3.8, 4) is 16.9 Å². The maximum absolute atomic E-state index is 15.5. The van der Waals surface area contributed by atoms with E-state index < -0.39 is 23.2 Å². The lowest BCUT2D eigenvalue weighted by atomic mass is 9.91. The van der Waals surface area contributed by atoms with Gasteiger partial charge in [-0.25, -0.2) is 9.18 Å². The summed E-state index contributed by atoms with van der Waals surface area (Å²) in [6.07, 6.45) is 4.72. The number of piperidine rings is 1. The molecule has 1 saturated carbocycles. The second kappa shape index (κ2) is 13.6. The van der Waals surface area contributed by atoms with Gasteiger partial charge in [-0.3, -0.25) is 9.56 Å². The first-order chi connectivity index (χ1) is 22.4. The van der Waals surface area contributed by atoms with Crippen molar-refractivity contribution in [2.45, 2.75) is 89.0 Å². The fourth-order valence-corrected chi connectivity index (χ4v) is 6.63. The Morgan fingerprint density at radius 2 is 1.94 bits per heavy atom. The van der Waals surface area contributed by atoms with Crippen molar-refractivity contribution in [2.75, 3.05) is 6.54 Å². The first kappa shape index (κ1) is 32.9. The number of aromatic nitrogens is 3. The van der Waals surface area contributed by atoms with Crippen LogP contribution in [0.15, 0.2) is 58.4 Å². The van der Waals surface area contributed by atoms with Gasteiger partial charge < -0.3 is 21.8 Å². The molecule has 2 aliphatic rings. The number of aliphatic imine (C=N–C) groups is 1. The Morgan fingerprint density at radius 3 is 2.66 bits per heavy atom. The molecule has 0 radical (unpaired) electrons. The molecule has 250 valence electrons. The van der Waals surface area contributed by atoms with Crippen LogP contribution >= 0.6 is 0 Å². The molecule has 2 aromatic heterocycles. The average Bonchev–Trinajstić information content (AvgIpc) is 3.80. The van der Waals surface area contributed by atoms with Crippen molar-refractivity contribution in [2.24, 2.45) is 22.4 Å². The largest absolute Gasteiger partial charge is 0.416 e. The third kappa shape index (κ3) is 7.93. The van der Waals surface area contributed by atoms with Crippen LogP contribution < -0.4 is 22.5 Å². The van der Waals surface area contributed by atoms with E-state index in [9.17, 15) is 18.0 Å². The molecule has 2 aromatic carbocycles. The number of nitrogens with two attached hydrogens (primary N) is 2. The van der Waals surface area contributed by atoms with Gasteiger partial charge in [-0.15, -0.1) is 0 Å². The van der Waals surface area contributed by atoms with Gasteiger partial charge in [0.25, 0.3) is 0 Å². The molecule has 3 heterocycles. The maximum atomic E-state index is 15.5. The lowest BCUT2D eigenvalue weighted by Gasteiger charge is -2.31. The normalized spacial score (nSPS) is 19.7. The number of alkyl halides is 3. The molecule has 1 aliphatic heterocycles. The molecule has 0 spiro atoms. The second-order valence-corrected chi connectivity index (χ2v) is 13.1. The van der Waals surface area contributed by atoms with Crippen LogP contribution in [0.1, 0.15) is 81.0 Å². The van der Waals surface area contributed by atoms with Crippen molar-refractivity contribution in [1.29, 1.82) is 0 Å². The van der Waals surface area contributed by atoms with Crippen LogP contribution in [0.4, 0.5) is 17.6 Å². The molecular formula is C35H41F4N7O. The molecule has 1 saturated heterocycles. The number of hydrogen-bond acceptors (Lipinski definition) is 5. The van der Waals surface area contributed by atoms with Crippen molar-refractivity contribution >= 4 is 16.9 Å². The molecule has 6 rings (SSSR count). The molecule has 6 N–H and O–H groups in total. The lowest BCUT2D eigenvalue weighted by Crippen LogP contribution is -2.37. The lowest BCUT2D eigenvalue weighted by molar-refractivity contribution is -0.137. The fourth-order valence-electron chi connectivity index (χ4n) is 6.63. The van der Waals surface area contributed by atoms with E-state index >= 15 is 4.39 Å². The summed E-state index contributed by atoms with van der Waals surface area (Å²) in [4.78, 5) is 24.5. The number of nitrogens with zero attached hydrogens (tertiary/aromatic N) is 3. The molecule has 4 aromatic rings. The van der Waals surface area contributed by atoms with Crippen LogP contribution in [0.25, 0.3) is 28.0 Å². The van der Waals surface area contributed by atoms with Crippen molar-refractivity contribution in [1.82, 2.24) is 19.9 Å². The summed E-state index contributed by atoms with van der Waals surface area (Å²) in [5.74, 6) is 0.638. The summed E-state index contributed by atoms with van der Waals surface area (Å²) in [6, 6.07) is 10.5. The number of nitrogens with one attached hydrogen (secondary N) is 2. The van der Waals surface area contributed by atoms with Gasteiger partial charge in [0.15, 0.2) is 0 Å². The predicted molar refractivity (Wildman–Crippen MR) is 176 cm³/mol. The highest BCUT2D eigenvalue weighted by Crippen LogP contribution is 2.36. The maximum Gasteiger partial charge on any atom is 0.416 e. The number of aryl methyl sites for hydroxylation is 1. The quantitative estimate of drug-likeness (QED) is 0.0832. The number of benzene rings is 2. The highest BCUT2D eigenvalue weighted by atomic mass is 19.4. The van der Waals surface area contributed by atoms with Crippen LogP contribution in [0, 0.1) is 11.7 Å². The Kier molecular flexibility index (Phi) is 9.52. The molecule has 0 bridgehead atoms. The summed E-state index contributed by atoms with van der Waals surface area (Å²) in [5.41, 5.74) is 12.8. The molecule has 1 unspecified atom stereocenters. The summed E-state index contributed by atoms with van der Waals surface area (Å²) >= 11 is 0. The van der Waals surface area contributed by atoms with Gasteiger partial charge in [0.2, 0.25) is 0 Å². The van der Waals surface area contributed by atoms with Gasteiger partial charge >= 0.3 is 11.9 Å². The minimum absolute atomic E-state index is 0.0885. The van der Waals surface area contributed by atoms with Crippen LogP contribution in [-0.4, -0.2) is 39.0 Å². The van der Waals surface area contributed by atoms with E-state index in [0.29, 0.717) is 64.6 Å². The fraction of sp³-hybridized carbons (Fsp3) is 0.457. The van der Waals surface area contributed by atoms with Crippen molar-refractivity contribution < 1.29 is 17.6 Å². The zero-order valence-electron chi connectivity index (χ0n) is 26.4. The zero-order valence-corrected chi connectivity index (χ0v) is 26.4. The topological polar surface area (TPSA) is 127 Å². The van der Waals surface area contributed by atoms with Gasteiger partial charge in [0.05, 0.1) is 17.1 Å². The minimum atomic E-state index is -4.52. The molecule has 47 heavy (non-hydrogen) atoms. The van der Waals surface area contributed by atoms with Gasteiger partial charge in [0.1, 0.15) is 11.5 Å². The first-order valence-electron chi connectivity index (χ1n) is 16.4. The van der Waals surface area contributed by atoms with Crippen molar-refractivity contribution in [3.05, 3.63) is 81.7 Å². The van der Waals surface area contributed by atoms with E-state index in [0.717, 1.165) is 51.0 Å². The van der Waals surface area contributed by atoms with E-state index in [4.69, 9.17) is 11.5 Å². The Bertz CT molecular complexity index is 1820. The van der Waals surface area contributed by atoms with Crippen LogP contribution in [0.3, 0.4) is 0 Å². The standard InChI is InChI=1S/C35H41F4N7O/c1-20(40)42-13-12-26-5-3-7-31(43-26)28-11-10-27(18-29(28)36)46-19-24-17-32(44-33(24)45-34(46)47)23-14-21(15-25(16-23)35(37,38)39)4-2-6-30(41)22-8-9-22/h10-11,14-19,22,26,30-31,43H,2-9,12-13,41H2,1H3,(H2,40,42)(H,44,45,47)/t26-,30?,31-/m0/s1. The number of hydrogen-bond donors (Lipinski definition) is 4. The van der Waals surface area contributed by atoms with E-state index in [1.807, 2.05) is 0 Å². The molecule has 12 heteroatoms. The van der Waals surface area contributed by atoms with Crippen molar-refractivity contribution in [3.63, 3.8) is 0 Å². The number of rotatable bonds is 11. The van der Waals surface area contributed by atoms with Crippen LogP contribution in [-0.2, 0) is 12.6 Å². The number of aromatic amines is 1.